The van der Waals surface area contributed by atoms with E-state index in [2.05, 4.69) is 13.0 Å². The zero-order valence-electron chi connectivity index (χ0n) is 8.18. The Labute approximate surface area is 76.0 Å². The Bertz CT molecular complexity index is 149. The van der Waals surface area contributed by atoms with Gasteiger partial charge >= 0.3 is 0 Å². The van der Waals surface area contributed by atoms with Crippen LogP contribution in [-0.4, -0.2) is 6.54 Å². The van der Waals surface area contributed by atoms with Crippen LogP contribution in [0.3, 0.4) is 0 Å². The maximum atomic E-state index is 5.49. The molecule has 70 valence electrons. The minimum atomic E-state index is 0.805. The molecule has 0 saturated heterocycles. The maximum Gasteiger partial charge on any atom is -0.00425 e. The van der Waals surface area contributed by atoms with Gasteiger partial charge in [-0.3, -0.25) is 0 Å². The van der Waals surface area contributed by atoms with Crippen LogP contribution in [0.5, 0.6) is 0 Å². The quantitative estimate of drug-likeness (QED) is 0.643. The Kier molecular flexibility index (Phi) is 4.37. The molecular weight excluding hydrogens is 146 g/mol. The first-order valence-corrected chi connectivity index (χ1v) is 5.27. The van der Waals surface area contributed by atoms with Gasteiger partial charge in [0, 0.05) is 0 Å². The monoisotopic (exact) mass is 167 g/mol. The van der Waals surface area contributed by atoms with Crippen molar-refractivity contribution in [3.8, 4) is 0 Å². The number of hydrogen-bond acceptors (Lipinski definition) is 1. The molecule has 0 aromatic heterocycles. The zero-order valence-corrected chi connectivity index (χ0v) is 8.18. The Morgan fingerprint density at radius 3 is 3.00 bits per heavy atom. The second kappa shape index (κ2) is 5.36. The molecule has 0 bridgehead atoms. The predicted molar refractivity (Wildman–Crippen MR) is 54.0 cm³/mol. The largest absolute Gasteiger partial charge is 0.330 e. The Morgan fingerprint density at radius 2 is 2.33 bits per heavy atom. The summed E-state index contributed by atoms with van der Waals surface area (Å²) < 4.78 is 0. The molecule has 1 saturated carbocycles. The molecule has 1 unspecified atom stereocenters. The normalized spacial score (nSPS) is 27.8. The predicted octanol–water partition coefficient (Wildman–Crippen LogP) is 2.86. The molecule has 1 rings (SSSR count). The molecular formula is C11H21N. The van der Waals surface area contributed by atoms with Crippen molar-refractivity contribution in [2.24, 2.45) is 11.7 Å². The van der Waals surface area contributed by atoms with E-state index in [-0.39, 0.29) is 0 Å². The van der Waals surface area contributed by atoms with Crippen molar-refractivity contribution in [1.29, 1.82) is 0 Å². The van der Waals surface area contributed by atoms with Crippen LogP contribution >= 0.6 is 0 Å². The first kappa shape index (κ1) is 9.79. The fourth-order valence-corrected chi connectivity index (χ4v) is 2.11. The molecule has 1 heteroatoms. The van der Waals surface area contributed by atoms with E-state index in [0.29, 0.717) is 0 Å². The molecule has 1 aliphatic rings. The molecule has 1 atom stereocenters. The van der Waals surface area contributed by atoms with Gasteiger partial charge in [-0.25, -0.2) is 0 Å². The van der Waals surface area contributed by atoms with Crippen molar-refractivity contribution in [1.82, 2.24) is 0 Å². The van der Waals surface area contributed by atoms with Crippen LogP contribution in [0, 0.1) is 5.92 Å². The maximum absolute atomic E-state index is 5.49. The Morgan fingerprint density at radius 1 is 1.50 bits per heavy atom. The Balaban J connectivity index is 2.46. The van der Waals surface area contributed by atoms with E-state index in [9.17, 15) is 0 Å². The third-order valence-electron chi connectivity index (χ3n) is 2.86. The molecule has 0 aromatic carbocycles. The van der Waals surface area contributed by atoms with E-state index in [1.165, 1.54) is 32.1 Å². The minimum absolute atomic E-state index is 0.805. The lowest BCUT2D eigenvalue weighted by atomic mass is 9.82. The zero-order chi connectivity index (χ0) is 8.81. The van der Waals surface area contributed by atoms with Crippen LogP contribution in [-0.2, 0) is 0 Å². The highest BCUT2D eigenvalue weighted by molar-refractivity contribution is 5.08. The fraction of sp³-hybridized carbons (Fsp3) is 0.818. The smallest absolute Gasteiger partial charge is 0.00425 e. The number of rotatable bonds is 3. The summed E-state index contributed by atoms with van der Waals surface area (Å²) in [6.45, 7) is 3.10. The van der Waals surface area contributed by atoms with Gasteiger partial charge in [0.2, 0.25) is 0 Å². The SMILES string of the molecule is CCC1CCCCC1=CCCN. The molecule has 0 aliphatic heterocycles. The van der Waals surface area contributed by atoms with Crippen molar-refractivity contribution in [3.05, 3.63) is 11.6 Å². The van der Waals surface area contributed by atoms with Crippen molar-refractivity contribution in [2.45, 2.75) is 45.4 Å². The molecule has 0 spiro atoms. The van der Waals surface area contributed by atoms with E-state index < -0.39 is 0 Å². The molecule has 0 amide bonds. The van der Waals surface area contributed by atoms with Gasteiger partial charge in [-0.1, -0.05) is 25.0 Å². The second-order valence-electron chi connectivity index (χ2n) is 3.71. The summed E-state index contributed by atoms with van der Waals surface area (Å²) in [5, 5.41) is 0. The molecule has 1 fully saturated rings. The molecule has 1 nitrogen and oxygen atoms in total. The highest BCUT2D eigenvalue weighted by atomic mass is 14.5. The summed E-state index contributed by atoms with van der Waals surface area (Å²) in [6, 6.07) is 0. The van der Waals surface area contributed by atoms with Gasteiger partial charge in [0.15, 0.2) is 0 Å². The van der Waals surface area contributed by atoms with Gasteiger partial charge in [-0.05, 0) is 44.6 Å². The average Bonchev–Trinajstić information content (AvgIpc) is 2.15. The van der Waals surface area contributed by atoms with E-state index >= 15 is 0 Å². The lowest BCUT2D eigenvalue weighted by Gasteiger charge is -2.24. The Hall–Kier alpha value is -0.300. The summed E-state index contributed by atoms with van der Waals surface area (Å²) >= 11 is 0. The highest BCUT2D eigenvalue weighted by Crippen LogP contribution is 2.31. The molecule has 0 aromatic rings. The summed E-state index contributed by atoms with van der Waals surface area (Å²) in [7, 11) is 0. The standard InChI is InChI=1S/C11H21N/c1-2-10-6-3-4-7-11(10)8-5-9-12/h8,10H,2-7,9,12H2,1H3. The van der Waals surface area contributed by atoms with Crippen LogP contribution < -0.4 is 5.73 Å². The average molecular weight is 167 g/mol. The second-order valence-corrected chi connectivity index (χ2v) is 3.71. The van der Waals surface area contributed by atoms with Gasteiger partial charge in [0.1, 0.15) is 0 Å². The van der Waals surface area contributed by atoms with Gasteiger partial charge in [0.05, 0.1) is 0 Å². The summed E-state index contributed by atoms with van der Waals surface area (Å²) in [5.74, 6) is 0.880. The van der Waals surface area contributed by atoms with Crippen molar-refractivity contribution >= 4 is 0 Å². The number of hydrogen-bond donors (Lipinski definition) is 1. The number of nitrogens with two attached hydrogens (primary N) is 1. The third kappa shape index (κ3) is 2.63. The van der Waals surface area contributed by atoms with Crippen LogP contribution in [0.1, 0.15) is 45.4 Å². The lowest BCUT2D eigenvalue weighted by Crippen LogP contribution is -2.09. The lowest BCUT2D eigenvalue weighted by molar-refractivity contribution is 0.440. The highest BCUT2D eigenvalue weighted by Gasteiger charge is 2.15. The summed E-state index contributed by atoms with van der Waals surface area (Å²) in [4.78, 5) is 0. The van der Waals surface area contributed by atoms with Crippen molar-refractivity contribution < 1.29 is 0 Å². The third-order valence-corrected chi connectivity index (χ3v) is 2.86. The van der Waals surface area contributed by atoms with Gasteiger partial charge in [-0.15, -0.1) is 0 Å². The molecule has 0 heterocycles. The van der Waals surface area contributed by atoms with E-state index in [1.54, 1.807) is 5.57 Å². The van der Waals surface area contributed by atoms with Gasteiger partial charge < -0.3 is 5.73 Å². The van der Waals surface area contributed by atoms with Gasteiger partial charge in [-0.2, -0.15) is 0 Å². The van der Waals surface area contributed by atoms with E-state index in [1.807, 2.05) is 0 Å². The summed E-state index contributed by atoms with van der Waals surface area (Å²) in [5.41, 5.74) is 7.18. The van der Waals surface area contributed by atoms with Crippen LogP contribution in [0.4, 0.5) is 0 Å². The number of allylic oxidation sites excluding steroid dienone is 1. The van der Waals surface area contributed by atoms with Crippen molar-refractivity contribution in [2.75, 3.05) is 6.54 Å². The summed E-state index contributed by atoms with van der Waals surface area (Å²) in [6.07, 6.45) is 10.3. The first-order chi connectivity index (χ1) is 5.88. The first-order valence-electron chi connectivity index (χ1n) is 5.27. The van der Waals surface area contributed by atoms with Crippen LogP contribution in [0.15, 0.2) is 11.6 Å². The topological polar surface area (TPSA) is 26.0 Å². The molecule has 1 aliphatic carbocycles. The molecule has 0 radical (unpaired) electrons. The molecule has 2 N–H and O–H groups in total. The van der Waals surface area contributed by atoms with Crippen LogP contribution in [0.2, 0.25) is 0 Å². The van der Waals surface area contributed by atoms with Gasteiger partial charge in [0.25, 0.3) is 0 Å². The molecule has 12 heavy (non-hydrogen) atoms. The fourth-order valence-electron chi connectivity index (χ4n) is 2.11. The van der Waals surface area contributed by atoms with Crippen molar-refractivity contribution in [3.63, 3.8) is 0 Å². The van der Waals surface area contributed by atoms with E-state index in [0.717, 1.165) is 18.9 Å². The van der Waals surface area contributed by atoms with E-state index in [4.69, 9.17) is 5.73 Å². The van der Waals surface area contributed by atoms with Crippen LogP contribution in [0.25, 0.3) is 0 Å². The minimum Gasteiger partial charge on any atom is -0.330 e.